The lowest BCUT2D eigenvalue weighted by atomic mass is 10.4. The van der Waals surface area contributed by atoms with Crippen molar-refractivity contribution in [3.05, 3.63) is 22.7 Å². The third-order valence-electron chi connectivity index (χ3n) is 2.03. The van der Waals surface area contributed by atoms with E-state index in [1.807, 2.05) is 0 Å². The number of hydrogen-bond donors (Lipinski definition) is 2. The Kier molecular flexibility index (Phi) is 5.45. The zero-order valence-electron chi connectivity index (χ0n) is 9.34. The standard InChI is InChI=1S/C9H11BrN6O.ClH/c10-6-4-13-9-14-7(15-16(9)5-6)8(17)12-3-1-2-11;/h4-5H,1-3,11H2,(H,12,17);1H. The minimum Gasteiger partial charge on any atom is -0.349 e. The van der Waals surface area contributed by atoms with Gasteiger partial charge in [-0.25, -0.2) is 9.50 Å². The van der Waals surface area contributed by atoms with Gasteiger partial charge in [0.25, 0.3) is 11.7 Å². The van der Waals surface area contributed by atoms with Crippen LogP contribution < -0.4 is 11.1 Å². The molecule has 0 aliphatic heterocycles. The van der Waals surface area contributed by atoms with Crippen molar-refractivity contribution in [3.8, 4) is 0 Å². The van der Waals surface area contributed by atoms with E-state index < -0.39 is 0 Å². The van der Waals surface area contributed by atoms with Gasteiger partial charge < -0.3 is 11.1 Å². The fraction of sp³-hybridized carbons (Fsp3) is 0.333. The van der Waals surface area contributed by atoms with Crippen LogP contribution in [-0.4, -0.2) is 38.6 Å². The van der Waals surface area contributed by atoms with Crippen LogP contribution in [0.15, 0.2) is 16.9 Å². The lowest BCUT2D eigenvalue weighted by molar-refractivity contribution is 0.0943. The molecule has 9 heteroatoms. The first-order valence-electron chi connectivity index (χ1n) is 5.07. The highest BCUT2D eigenvalue weighted by Gasteiger charge is 2.12. The molecule has 0 aliphatic carbocycles. The predicted octanol–water partition coefficient (Wildman–Crippen LogP) is 0.387. The molecule has 0 unspecified atom stereocenters. The molecule has 7 nitrogen and oxygen atoms in total. The van der Waals surface area contributed by atoms with Crippen LogP contribution >= 0.6 is 28.3 Å². The monoisotopic (exact) mass is 334 g/mol. The molecule has 2 aromatic heterocycles. The Balaban J connectivity index is 0.00000162. The Morgan fingerprint density at radius 3 is 3.06 bits per heavy atom. The molecule has 18 heavy (non-hydrogen) atoms. The van der Waals surface area contributed by atoms with E-state index in [4.69, 9.17) is 5.73 Å². The summed E-state index contributed by atoms with van der Waals surface area (Å²) in [6.07, 6.45) is 4.01. The molecule has 2 aromatic rings. The Labute approximate surface area is 118 Å². The molecule has 2 rings (SSSR count). The molecule has 0 aromatic carbocycles. The predicted molar refractivity (Wildman–Crippen MR) is 71.7 cm³/mol. The first kappa shape index (κ1) is 14.8. The minimum atomic E-state index is -0.319. The Morgan fingerprint density at radius 2 is 2.33 bits per heavy atom. The van der Waals surface area contributed by atoms with Crippen LogP contribution in [0.2, 0.25) is 0 Å². The molecule has 1 amide bonds. The number of rotatable bonds is 4. The van der Waals surface area contributed by atoms with Gasteiger partial charge in [-0.3, -0.25) is 4.79 Å². The van der Waals surface area contributed by atoms with Crippen LogP contribution in [0.3, 0.4) is 0 Å². The molecule has 0 fully saturated rings. The van der Waals surface area contributed by atoms with Crippen molar-refractivity contribution in [3.63, 3.8) is 0 Å². The first-order chi connectivity index (χ1) is 8.20. The van der Waals surface area contributed by atoms with E-state index in [-0.39, 0.29) is 24.1 Å². The molecule has 0 saturated heterocycles. The van der Waals surface area contributed by atoms with Gasteiger partial charge in [0, 0.05) is 18.9 Å². The van der Waals surface area contributed by atoms with E-state index in [2.05, 4.69) is 36.3 Å². The van der Waals surface area contributed by atoms with Gasteiger partial charge in [-0.15, -0.1) is 17.5 Å². The van der Waals surface area contributed by atoms with Crippen molar-refractivity contribution in [2.45, 2.75) is 6.42 Å². The number of carbonyl (C=O) groups excluding carboxylic acids is 1. The van der Waals surface area contributed by atoms with Crippen LogP contribution in [0.4, 0.5) is 0 Å². The maximum Gasteiger partial charge on any atom is 0.291 e. The van der Waals surface area contributed by atoms with Crippen molar-refractivity contribution < 1.29 is 4.79 Å². The van der Waals surface area contributed by atoms with Crippen molar-refractivity contribution in [1.29, 1.82) is 0 Å². The largest absolute Gasteiger partial charge is 0.349 e. The van der Waals surface area contributed by atoms with E-state index in [9.17, 15) is 4.79 Å². The summed E-state index contributed by atoms with van der Waals surface area (Å²) < 4.78 is 2.21. The average molecular weight is 336 g/mol. The van der Waals surface area contributed by atoms with Gasteiger partial charge in [-0.2, -0.15) is 4.98 Å². The SMILES string of the molecule is Cl.NCCCNC(=O)c1nc2ncc(Br)cn2n1. The summed E-state index contributed by atoms with van der Waals surface area (Å²) in [4.78, 5) is 19.7. The van der Waals surface area contributed by atoms with Gasteiger partial charge in [0.05, 0.1) is 4.47 Å². The zero-order valence-corrected chi connectivity index (χ0v) is 11.7. The highest BCUT2D eigenvalue weighted by Crippen LogP contribution is 2.07. The maximum absolute atomic E-state index is 11.6. The number of hydrogen-bond acceptors (Lipinski definition) is 5. The van der Waals surface area contributed by atoms with Gasteiger partial charge in [0.2, 0.25) is 5.82 Å². The summed E-state index contributed by atoms with van der Waals surface area (Å²) in [5, 5.41) is 6.70. The Bertz CT molecular complexity index is 545. The van der Waals surface area contributed by atoms with Gasteiger partial charge in [-0.05, 0) is 28.9 Å². The molecule has 3 N–H and O–H groups in total. The lowest BCUT2D eigenvalue weighted by Gasteiger charge is -1.98. The number of halogens is 2. The van der Waals surface area contributed by atoms with Crippen molar-refractivity contribution in [2.75, 3.05) is 13.1 Å². The quantitative estimate of drug-likeness (QED) is 0.788. The number of nitrogens with zero attached hydrogens (tertiary/aromatic N) is 4. The highest BCUT2D eigenvalue weighted by atomic mass is 79.9. The Morgan fingerprint density at radius 1 is 1.56 bits per heavy atom. The number of amides is 1. The number of carbonyl (C=O) groups is 1. The van der Waals surface area contributed by atoms with E-state index >= 15 is 0 Å². The van der Waals surface area contributed by atoms with E-state index in [0.717, 1.165) is 10.9 Å². The van der Waals surface area contributed by atoms with Gasteiger partial charge in [0.1, 0.15) is 0 Å². The second kappa shape index (κ2) is 6.62. The van der Waals surface area contributed by atoms with Crippen LogP contribution in [0.5, 0.6) is 0 Å². The van der Waals surface area contributed by atoms with E-state index in [0.29, 0.717) is 18.9 Å². The van der Waals surface area contributed by atoms with Crippen LogP contribution in [0.1, 0.15) is 17.0 Å². The second-order valence-electron chi connectivity index (χ2n) is 3.35. The molecular formula is C9H12BrClN6O. The molecule has 0 atom stereocenters. The smallest absolute Gasteiger partial charge is 0.291 e. The molecule has 0 aliphatic rings. The third kappa shape index (κ3) is 3.37. The number of nitrogens with one attached hydrogen (secondary N) is 1. The highest BCUT2D eigenvalue weighted by molar-refractivity contribution is 9.10. The molecule has 0 bridgehead atoms. The van der Waals surface area contributed by atoms with Gasteiger partial charge in [-0.1, -0.05) is 0 Å². The fourth-order valence-corrected chi connectivity index (χ4v) is 1.53. The summed E-state index contributed by atoms with van der Waals surface area (Å²) in [5.74, 6) is 0.171. The van der Waals surface area contributed by atoms with Crippen LogP contribution in [0.25, 0.3) is 5.78 Å². The van der Waals surface area contributed by atoms with E-state index in [1.54, 1.807) is 12.4 Å². The summed E-state index contributed by atoms with van der Waals surface area (Å²) in [5.41, 5.74) is 5.33. The minimum absolute atomic E-state index is 0. The molecule has 0 radical (unpaired) electrons. The summed E-state index contributed by atoms with van der Waals surface area (Å²) in [7, 11) is 0. The second-order valence-corrected chi connectivity index (χ2v) is 4.27. The molecular weight excluding hydrogens is 323 g/mol. The van der Waals surface area contributed by atoms with Gasteiger partial charge in [0.15, 0.2) is 0 Å². The normalized spacial score (nSPS) is 10.1. The number of fused-ring (bicyclic) bond motifs is 1. The maximum atomic E-state index is 11.6. The number of aromatic nitrogens is 4. The van der Waals surface area contributed by atoms with E-state index in [1.165, 1.54) is 4.52 Å². The molecule has 0 spiro atoms. The lowest BCUT2D eigenvalue weighted by Crippen LogP contribution is -2.27. The van der Waals surface area contributed by atoms with Crippen molar-refractivity contribution >= 4 is 40.0 Å². The average Bonchev–Trinajstić information content (AvgIpc) is 2.72. The number of nitrogens with two attached hydrogens (primary N) is 1. The Hall–Kier alpha value is -1.25. The third-order valence-corrected chi connectivity index (χ3v) is 2.44. The summed E-state index contributed by atoms with van der Waals surface area (Å²) in [6, 6.07) is 0. The summed E-state index contributed by atoms with van der Waals surface area (Å²) >= 11 is 3.26. The summed E-state index contributed by atoms with van der Waals surface area (Å²) in [6.45, 7) is 1.05. The van der Waals surface area contributed by atoms with Crippen molar-refractivity contribution in [2.24, 2.45) is 5.73 Å². The zero-order chi connectivity index (χ0) is 12.3. The fourth-order valence-electron chi connectivity index (χ4n) is 1.24. The molecule has 98 valence electrons. The van der Waals surface area contributed by atoms with Crippen LogP contribution in [-0.2, 0) is 0 Å². The van der Waals surface area contributed by atoms with Gasteiger partial charge >= 0.3 is 0 Å². The van der Waals surface area contributed by atoms with Crippen LogP contribution in [0, 0.1) is 0 Å². The molecule has 2 heterocycles. The first-order valence-corrected chi connectivity index (χ1v) is 5.86. The molecule has 0 saturated carbocycles. The topological polar surface area (TPSA) is 98.2 Å². The van der Waals surface area contributed by atoms with Crippen molar-refractivity contribution in [1.82, 2.24) is 24.9 Å².